The van der Waals surface area contributed by atoms with E-state index in [1.807, 2.05) is 25.1 Å². The predicted octanol–water partition coefficient (Wildman–Crippen LogP) is 4.16. The molecule has 3 unspecified atom stereocenters. The molecule has 0 fully saturated rings. The Balaban J connectivity index is 2.18. The summed E-state index contributed by atoms with van der Waals surface area (Å²) in [5.74, 6) is 0. The third-order valence-corrected chi connectivity index (χ3v) is 3.47. The molecule has 2 rings (SSSR count). The first-order valence-electron chi connectivity index (χ1n) is 7.10. The van der Waals surface area contributed by atoms with E-state index in [4.69, 9.17) is 10.5 Å². The SMILES string of the molecule is Cc1cccc(C(OC(C)c2ccccc2)C(C)N)c1. The Hall–Kier alpha value is -1.64. The zero-order valence-corrected chi connectivity index (χ0v) is 12.4. The Labute approximate surface area is 121 Å². The summed E-state index contributed by atoms with van der Waals surface area (Å²) >= 11 is 0. The largest absolute Gasteiger partial charge is 0.364 e. The van der Waals surface area contributed by atoms with Crippen LogP contribution in [0.25, 0.3) is 0 Å². The summed E-state index contributed by atoms with van der Waals surface area (Å²) in [6, 6.07) is 18.6. The van der Waals surface area contributed by atoms with E-state index < -0.39 is 0 Å². The lowest BCUT2D eigenvalue weighted by Crippen LogP contribution is -2.27. The van der Waals surface area contributed by atoms with Gasteiger partial charge in [0.05, 0.1) is 12.2 Å². The number of hydrogen-bond acceptors (Lipinski definition) is 2. The summed E-state index contributed by atoms with van der Waals surface area (Å²) in [6.45, 7) is 6.15. The number of hydrogen-bond donors (Lipinski definition) is 1. The first kappa shape index (κ1) is 14.8. The van der Waals surface area contributed by atoms with Crippen molar-refractivity contribution < 1.29 is 4.74 Å². The molecular weight excluding hydrogens is 246 g/mol. The average Bonchev–Trinajstić information content (AvgIpc) is 2.45. The van der Waals surface area contributed by atoms with Gasteiger partial charge >= 0.3 is 0 Å². The molecule has 0 bridgehead atoms. The molecule has 0 heterocycles. The summed E-state index contributed by atoms with van der Waals surface area (Å²) in [4.78, 5) is 0. The van der Waals surface area contributed by atoms with Gasteiger partial charge in [0.15, 0.2) is 0 Å². The molecule has 106 valence electrons. The summed E-state index contributed by atoms with van der Waals surface area (Å²) in [6.07, 6.45) is -0.0715. The predicted molar refractivity (Wildman–Crippen MR) is 83.5 cm³/mol. The Morgan fingerprint density at radius 3 is 2.15 bits per heavy atom. The lowest BCUT2D eigenvalue weighted by atomic mass is 10.0. The van der Waals surface area contributed by atoms with E-state index in [-0.39, 0.29) is 18.2 Å². The fraction of sp³-hybridized carbons (Fsp3) is 0.333. The van der Waals surface area contributed by atoms with Gasteiger partial charge in [0.1, 0.15) is 0 Å². The van der Waals surface area contributed by atoms with Crippen LogP contribution in [0.5, 0.6) is 0 Å². The summed E-state index contributed by atoms with van der Waals surface area (Å²) in [5.41, 5.74) is 9.66. The van der Waals surface area contributed by atoms with Crippen molar-refractivity contribution in [2.24, 2.45) is 5.73 Å². The first-order valence-corrected chi connectivity index (χ1v) is 7.10. The van der Waals surface area contributed by atoms with Crippen LogP contribution in [0.1, 0.15) is 42.7 Å². The van der Waals surface area contributed by atoms with Crippen LogP contribution >= 0.6 is 0 Å². The molecule has 2 aromatic carbocycles. The molecule has 0 saturated carbocycles. The van der Waals surface area contributed by atoms with Gasteiger partial charge in [0.2, 0.25) is 0 Å². The molecule has 0 amide bonds. The second-order valence-corrected chi connectivity index (χ2v) is 5.38. The van der Waals surface area contributed by atoms with E-state index in [1.165, 1.54) is 11.1 Å². The van der Waals surface area contributed by atoms with Gasteiger partial charge in [-0.25, -0.2) is 0 Å². The summed E-state index contributed by atoms with van der Waals surface area (Å²) in [5, 5.41) is 0. The number of nitrogens with two attached hydrogens (primary N) is 1. The smallest absolute Gasteiger partial charge is 0.0981 e. The van der Waals surface area contributed by atoms with E-state index in [1.54, 1.807) is 0 Å². The van der Waals surface area contributed by atoms with Gasteiger partial charge in [0.25, 0.3) is 0 Å². The molecule has 3 atom stereocenters. The Bertz CT molecular complexity index is 536. The minimum atomic E-state index is -0.0925. The van der Waals surface area contributed by atoms with E-state index >= 15 is 0 Å². The minimum Gasteiger partial charge on any atom is -0.364 e. The van der Waals surface area contributed by atoms with Crippen molar-refractivity contribution in [2.45, 2.75) is 39.0 Å². The van der Waals surface area contributed by atoms with Crippen LogP contribution in [0.2, 0.25) is 0 Å². The molecule has 0 aliphatic heterocycles. The molecule has 0 radical (unpaired) electrons. The highest BCUT2D eigenvalue weighted by Gasteiger charge is 2.20. The van der Waals surface area contributed by atoms with Crippen LogP contribution in [0.15, 0.2) is 54.6 Å². The Morgan fingerprint density at radius 1 is 0.900 bits per heavy atom. The van der Waals surface area contributed by atoms with Gasteiger partial charge in [-0.1, -0.05) is 60.2 Å². The summed E-state index contributed by atoms with van der Waals surface area (Å²) in [7, 11) is 0. The topological polar surface area (TPSA) is 35.2 Å². The van der Waals surface area contributed by atoms with Crippen LogP contribution in [-0.4, -0.2) is 6.04 Å². The molecule has 2 N–H and O–H groups in total. The zero-order chi connectivity index (χ0) is 14.5. The molecule has 0 aliphatic rings. The van der Waals surface area contributed by atoms with Crippen molar-refractivity contribution in [1.82, 2.24) is 0 Å². The molecule has 0 aliphatic carbocycles. The van der Waals surface area contributed by atoms with Crippen LogP contribution in [0.3, 0.4) is 0 Å². The molecule has 2 nitrogen and oxygen atoms in total. The van der Waals surface area contributed by atoms with Crippen LogP contribution in [0.4, 0.5) is 0 Å². The number of aryl methyl sites for hydroxylation is 1. The van der Waals surface area contributed by atoms with E-state index in [2.05, 4.69) is 50.2 Å². The molecule has 0 spiro atoms. The van der Waals surface area contributed by atoms with Gasteiger partial charge in [-0.15, -0.1) is 0 Å². The van der Waals surface area contributed by atoms with Crippen molar-refractivity contribution in [3.05, 3.63) is 71.3 Å². The maximum atomic E-state index is 6.21. The fourth-order valence-corrected chi connectivity index (χ4v) is 2.38. The highest BCUT2D eigenvalue weighted by Crippen LogP contribution is 2.28. The van der Waals surface area contributed by atoms with Gasteiger partial charge in [-0.05, 0) is 31.9 Å². The molecule has 20 heavy (non-hydrogen) atoms. The number of ether oxygens (including phenoxy) is 1. The van der Waals surface area contributed by atoms with Crippen molar-refractivity contribution in [3.63, 3.8) is 0 Å². The molecule has 0 aromatic heterocycles. The monoisotopic (exact) mass is 269 g/mol. The van der Waals surface area contributed by atoms with Gasteiger partial charge in [-0.2, -0.15) is 0 Å². The second kappa shape index (κ2) is 6.69. The van der Waals surface area contributed by atoms with Crippen LogP contribution < -0.4 is 5.73 Å². The van der Waals surface area contributed by atoms with Crippen molar-refractivity contribution >= 4 is 0 Å². The van der Waals surface area contributed by atoms with Crippen molar-refractivity contribution in [1.29, 1.82) is 0 Å². The third kappa shape index (κ3) is 3.69. The van der Waals surface area contributed by atoms with E-state index in [0.29, 0.717) is 0 Å². The lowest BCUT2D eigenvalue weighted by molar-refractivity contribution is -0.0162. The Morgan fingerprint density at radius 2 is 1.55 bits per heavy atom. The normalized spacial score (nSPS) is 15.6. The minimum absolute atomic E-state index is 0.0210. The third-order valence-electron chi connectivity index (χ3n) is 3.47. The van der Waals surface area contributed by atoms with Crippen LogP contribution in [-0.2, 0) is 4.74 Å². The highest BCUT2D eigenvalue weighted by atomic mass is 16.5. The van der Waals surface area contributed by atoms with Gasteiger partial charge < -0.3 is 10.5 Å². The number of benzene rings is 2. The molecule has 0 saturated heterocycles. The van der Waals surface area contributed by atoms with Crippen molar-refractivity contribution in [2.75, 3.05) is 0 Å². The number of rotatable bonds is 5. The maximum absolute atomic E-state index is 6.21. The van der Waals surface area contributed by atoms with Crippen LogP contribution in [0, 0.1) is 6.92 Å². The van der Waals surface area contributed by atoms with Gasteiger partial charge in [-0.3, -0.25) is 0 Å². The first-order chi connectivity index (χ1) is 9.58. The second-order valence-electron chi connectivity index (χ2n) is 5.38. The molecule has 2 heteroatoms. The standard InChI is InChI=1S/C18H23NO/c1-13-8-7-11-17(12-13)18(14(2)19)20-15(3)16-9-5-4-6-10-16/h4-12,14-15,18H,19H2,1-3H3. The van der Waals surface area contributed by atoms with E-state index in [0.717, 1.165) is 5.56 Å². The van der Waals surface area contributed by atoms with E-state index in [9.17, 15) is 0 Å². The highest BCUT2D eigenvalue weighted by molar-refractivity contribution is 5.25. The molecule has 2 aromatic rings. The van der Waals surface area contributed by atoms with Gasteiger partial charge in [0, 0.05) is 6.04 Å². The molecular formula is C18H23NO. The Kier molecular flexibility index (Phi) is 4.94. The lowest BCUT2D eigenvalue weighted by Gasteiger charge is -2.26. The van der Waals surface area contributed by atoms with Crippen molar-refractivity contribution in [3.8, 4) is 0 Å². The average molecular weight is 269 g/mol. The maximum Gasteiger partial charge on any atom is 0.0981 e. The zero-order valence-electron chi connectivity index (χ0n) is 12.4. The summed E-state index contributed by atoms with van der Waals surface area (Å²) < 4.78 is 6.21. The fourth-order valence-electron chi connectivity index (χ4n) is 2.38. The quantitative estimate of drug-likeness (QED) is 0.884.